The molecular formula is C13H22N2O. The Kier molecular flexibility index (Phi) is 7.68. The lowest BCUT2D eigenvalue weighted by Gasteiger charge is -2.05. The summed E-state index contributed by atoms with van der Waals surface area (Å²) in [6.07, 6.45) is 2.10. The third-order valence-electron chi connectivity index (χ3n) is 2.31. The van der Waals surface area contributed by atoms with Crippen LogP contribution in [0.5, 0.6) is 0 Å². The summed E-state index contributed by atoms with van der Waals surface area (Å²) >= 11 is 0. The molecule has 90 valence electrons. The van der Waals surface area contributed by atoms with Gasteiger partial charge in [-0.2, -0.15) is 0 Å². The van der Waals surface area contributed by atoms with E-state index >= 15 is 0 Å². The number of ether oxygens (including phenoxy) is 1. The second-order valence-electron chi connectivity index (χ2n) is 3.78. The van der Waals surface area contributed by atoms with Gasteiger partial charge in [-0.05, 0) is 38.0 Å². The van der Waals surface area contributed by atoms with Crippen molar-refractivity contribution in [2.24, 2.45) is 5.73 Å². The molecule has 3 nitrogen and oxygen atoms in total. The Morgan fingerprint density at radius 2 is 1.81 bits per heavy atom. The summed E-state index contributed by atoms with van der Waals surface area (Å²) in [6.45, 7) is 4.30. The molecule has 3 heteroatoms. The predicted octanol–water partition coefficient (Wildman–Crippen LogP) is 1.53. The molecular weight excluding hydrogens is 200 g/mol. The quantitative estimate of drug-likeness (QED) is 0.623. The number of rotatable bonds is 9. The molecule has 16 heavy (non-hydrogen) atoms. The predicted molar refractivity (Wildman–Crippen MR) is 67.3 cm³/mol. The van der Waals surface area contributed by atoms with Crippen molar-refractivity contribution in [3.63, 3.8) is 0 Å². The molecule has 1 aromatic carbocycles. The Morgan fingerprint density at radius 1 is 1.06 bits per heavy atom. The first-order valence-corrected chi connectivity index (χ1v) is 5.96. The molecule has 0 aromatic heterocycles. The largest absolute Gasteiger partial charge is 0.377 e. The zero-order chi connectivity index (χ0) is 11.5. The molecule has 0 amide bonds. The SMILES string of the molecule is NCCCNCCCOCc1ccccc1. The van der Waals surface area contributed by atoms with E-state index in [-0.39, 0.29) is 0 Å². The van der Waals surface area contributed by atoms with Gasteiger partial charge in [0.1, 0.15) is 0 Å². The molecule has 0 aliphatic carbocycles. The Balaban J connectivity index is 1.89. The van der Waals surface area contributed by atoms with E-state index in [9.17, 15) is 0 Å². The number of benzene rings is 1. The van der Waals surface area contributed by atoms with Gasteiger partial charge in [0.05, 0.1) is 6.61 Å². The van der Waals surface area contributed by atoms with Crippen LogP contribution in [0.15, 0.2) is 30.3 Å². The average molecular weight is 222 g/mol. The summed E-state index contributed by atoms with van der Waals surface area (Å²) in [5.74, 6) is 0. The van der Waals surface area contributed by atoms with E-state index in [1.54, 1.807) is 0 Å². The maximum absolute atomic E-state index is 5.56. The fraction of sp³-hybridized carbons (Fsp3) is 0.538. The van der Waals surface area contributed by atoms with E-state index in [0.29, 0.717) is 6.61 Å². The highest BCUT2D eigenvalue weighted by atomic mass is 16.5. The van der Waals surface area contributed by atoms with E-state index in [4.69, 9.17) is 10.5 Å². The zero-order valence-electron chi connectivity index (χ0n) is 9.82. The number of nitrogens with one attached hydrogen (secondary N) is 1. The van der Waals surface area contributed by atoms with Gasteiger partial charge in [0.25, 0.3) is 0 Å². The van der Waals surface area contributed by atoms with Gasteiger partial charge in [-0.1, -0.05) is 30.3 Å². The van der Waals surface area contributed by atoms with Crippen molar-refractivity contribution in [2.45, 2.75) is 19.4 Å². The van der Waals surface area contributed by atoms with Crippen LogP contribution in [0.2, 0.25) is 0 Å². The third-order valence-corrected chi connectivity index (χ3v) is 2.31. The van der Waals surface area contributed by atoms with Crippen molar-refractivity contribution in [3.05, 3.63) is 35.9 Å². The molecule has 0 heterocycles. The van der Waals surface area contributed by atoms with E-state index in [0.717, 1.165) is 39.1 Å². The van der Waals surface area contributed by atoms with Gasteiger partial charge in [0.2, 0.25) is 0 Å². The van der Waals surface area contributed by atoms with Crippen LogP contribution in [0.3, 0.4) is 0 Å². The fourth-order valence-corrected chi connectivity index (χ4v) is 1.42. The van der Waals surface area contributed by atoms with Crippen molar-refractivity contribution >= 4 is 0 Å². The maximum Gasteiger partial charge on any atom is 0.0716 e. The molecule has 0 radical (unpaired) electrons. The van der Waals surface area contributed by atoms with Gasteiger partial charge in [0, 0.05) is 6.61 Å². The lowest BCUT2D eigenvalue weighted by molar-refractivity contribution is 0.118. The van der Waals surface area contributed by atoms with Crippen molar-refractivity contribution in [1.29, 1.82) is 0 Å². The first kappa shape index (κ1) is 13.2. The molecule has 0 fully saturated rings. The van der Waals surface area contributed by atoms with Gasteiger partial charge in [-0.25, -0.2) is 0 Å². The molecule has 0 bridgehead atoms. The third kappa shape index (κ3) is 6.56. The highest BCUT2D eigenvalue weighted by Gasteiger charge is 1.92. The van der Waals surface area contributed by atoms with Gasteiger partial charge >= 0.3 is 0 Å². The summed E-state index contributed by atoms with van der Waals surface area (Å²) < 4.78 is 5.56. The maximum atomic E-state index is 5.56. The summed E-state index contributed by atoms with van der Waals surface area (Å²) in [6, 6.07) is 10.3. The van der Waals surface area contributed by atoms with Crippen LogP contribution in [0, 0.1) is 0 Å². The van der Waals surface area contributed by atoms with Crippen molar-refractivity contribution in [3.8, 4) is 0 Å². The second-order valence-corrected chi connectivity index (χ2v) is 3.78. The Hall–Kier alpha value is -0.900. The molecule has 0 saturated heterocycles. The summed E-state index contributed by atoms with van der Waals surface area (Å²) in [5, 5.41) is 3.32. The monoisotopic (exact) mass is 222 g/mol. The molecule has 0 unspecified atom stereocenters. The molecule has 1 rings (SSSR count). The number of hydrogen-bond acceptors (Lipinski definition) is 3. The van der Waals surface area contributed by atoms with E-state index in [1.807, 2.05) is 18.2 Å². The van der Waals surface area contributed by atoms with Gasteiger partial charge in [-0.3, -0.25) is 0 Å². The molecule has 0 saturated carbocycles. The van der Waals surface area contributed by atoms with Crippen molar-refractivity contribution < 1.29 is 4.74 Å². The molecule has 0 aliphatic rings. The number of nitrogens with two attached hydrogens (primary N) is 1. The molecule has 0 atom stereocenters. The van der Waals surface area contributed by atoms with Crippen LogP contribution in [0.1, 0.15) is 18.4 Å². The van der Waals surface area contributed by atoms with E-state index in [1.165, 1.54) is 5.56 Å². The smallest absolute Gasteiger partial charge is 0.0716 e. The van der Waals surface area contributed by atoms with Crippen LogP contribution in [0.4, 0.5) is 0 Å². The summed E-state index contributed by atoms with van der Waals surface area (Å²) in [5.41, 5.74) is 6.63. The Morgan fingerprint density at radius 3 is 2.56 bits per heavy atom. The lowest BCUT2D eigenvalue weighted by Crippen LogP contribution is -2.20. The van der Waals surface area contributed by atoms with Crippen molar-refractivity contribution in [2.75, 3.05) is 26.2 Å². The summed E-state index contributed by atoms with van der Waals surface area (Å²) in [7, 11) is 0. The van der Waals surface area contributed by atoms with E-state index < -0.39 is 0 Å². The first-order chi connectivity index (χ1) is 7.93. The highest BCUT2D eigenvalue weighted by Crippen LogP contribution is 2.00. The standard InChI is InChI=1S/C13H22N2O/c14-8-4-9-15-10-5-11-16-12-13-6-2-1-3-7-13/h1-3,6-7,15H,4-5,8-12,14H2. The molecule has 0 spiro atoms. The average Bonchev–Trinajstić information content (AvgIpc) is 2.34. The summed E-state index contributed by atoms with van der Waals surface area (Å²) in [4.78, 5) is 0. The van der Waals surface area contributed by atoms with Crippen LogP contribution >= 0.6 is 0 Å². The molecule has 1 aromatic rings. The zero-order valence-corrected chi connectivity index (χ0v) is 9.82. The Bertz CT molecular complexity index is 251. The van der Waals surface area contributed by atoms with Crippen LogP contribution in [-0.4, -0.2) is 26.2 Å². The molecule has 0 aliphatic heterocycles. The van der Waals surface area contributed by atoms with E-state index in [2.05, 4.69) is 17.4 Å². The second kappa shape index (κ2) is 9.33. The minimum Gasteiger partial charge on any atom is -0.377 e. The molecule has 3 N–H and O–H groups in total. The highest BCUT2D eigenvalue weighted by molar-refractivity contribution is 5.13. The minimum absolute atomic E-state index is 0.712. The van der Waals surface area contributed by atoms with Crippen LogP contribution in [-0.2, 0) is 11.3 Å². The lowest BCUT2D eigenvalue weighted by atomic mass is 10.2. The van der Waals surface area contributed by atoms with Crippen LogP contribution < -0.4 is 11.1 Å². The Labute approximate surface area is 98.0 Å². The fourth-order valence-electron chi connectivity index (χ4n) is 1.42. The topological polar surface area (TPSA) is 47.3 Å². The normalized spacial score (nSPS) is 10.6. The van der Waals surface area contributed by atoms with Crippen molar-refractivity contribution in [1.82, 2.24) is 5.32 Å². The minimum atomic E-state index is 0.712. The first-order valence-electron chi connectivity index (χ1n) is 5.96. The number of hydrogen-bond donors (Lipinski definition) is 2. The van der Waals surface area contributed by atoms with Gasteiger partial charge in [-0.15, -0.1) is 0 Å². The van der Waals surface area contributed by atoms with Gasteiger partial charge in [0.15, 0.2) is 0 Å². The van der Waals surface area contributed by atoms with Gasteiger partial charge < -0.3 is 15.8 Å². The van der Waals surface area contributed by atoms with Crippen LogP contribution in [0.25, 0.3) is 0 Å².